The van der Waals surface area contributed by atoms with Crippen LogP contribution in [-0.4, -0.2) is 43.9 Å². The van der Waals surface area contributed by atoms with Gasteiger partial charge in [-0.3, -0.25) is 18.7 Å². The molecule has 0 saturated carbocycles. The summed E-state index contributed by atoms with van der Waals surface area (Å²) in [5.74, 6) is -0.0630. The minimum Gasteiger partial charge on any atom is -0.394 e. The Morgan fingerprint density at radius 3 is 2.48 bits per heavy atom. The van der Waals surface area contributed by atoms with Crippen molar-refractivity contribution in [2.24, 2.45) is 0 Å². The molecule has 1 aromatic heterocycles. The molecule has 2 aromatic rings. The Hall–Kier alpha value is -2.55. The lowest BCUT2D eigenvalue weighted by Gasteiger charge is -2.17. The van der Waals surface area contributed by atoms with Gasteiger partial charge in [-0.25, -0.2) is 4.79 Å². The first kappa shape index (κ1) is 19.2. The summed E-state index contributed by atoms with van der Waals surface area (Å²) in [5.41, 5.74) is 0.648. The van der Waals surface area contributed by atoms with Gasteiger partial charge in [0.05, 0.1) is 19.3 Å². The highest BCUT2D eigenvalue weighted by Gasteiger charge is 2.35. The summed E-state index contributed by atoms with van der Waals surface area (Å²) in [6.45, 7) is 2.76. The second-order valence-electron chi connectivity index (χ2n) is 6.76. The number of aromatic nitrogens is 2. The minimum atomic E-state index is -0.883. The normalized spacial score (nSPS) is 22.1. The standard InChI is InChI=1S/C19H22N2O6/c1-11-8-20(17-7-15(24)16(10-22)27-17)19(26)21(18(11)25)9-13-3-5-14(6-4-13)12(2)23/h3-6,8,15-17,22,24H,7,9-10H2,1-2H3/t15-,16+,17+/m0/s1. The van der Waals surface area contributed by atoms with Crippen LogP contribution in [0.2, 0.25) is 0 Å². The number of carbonyl (C=O) groups excluding carboxylic acids is 1. The number of nitrogens with zero attached hydrogens (tertiary/aromatic N) is 2. The quantitative estimate of drug-likeness (QED) is 0.724. The van der Waals surface area contributed by atoms with Crippen LogP contribution < -0.4 is 11.2 Å². The molecule has 8 heteroatoms. The molecule has 0 radical (unpaired) electrons. The monoisotopic (exact) mass is 374 g/mol. The van der Waals surface area contributed by atoms with E-state index in [1.165, 1.54) is 17.7 Å². The molecule has 1 saturated heterocycles. The van der Waals surface area contributed by atoms with Gasteiger partial charge in [-0.2, -0.15) is 0 Å². The largest absolute Gasteiger partial charge is 0.394 e. The summed E-state index contributed by atoms with van der Waals surface area (Å²) in [4.78, 5) is 36.7. The number of ketones is 1. The van der Waals surface area contributed by atoms with Crippen LogP contribution in [-0.2, 0) is 11.3 Å². The van der Waals surface area contributed by atoms with E-state index in [2.05, 4.69) is 0 Å². The van der Waals surface area contributed by atoms with Crippen LogP contribution in [0.3, 0.4) is 0 Å². The third-order valence-electron chi connectivity index (χ3n) is 4.76. The molecule has 2 N–H and O–H groups in total. The van der Waals surface area contributed by atoms with E-state index in [-0.39, 0.29) is 25.4 Å². The number of hydrogen-bond donors (Lipinski definition) is 2. The first-order chi connectivity index (χ1) is 12.8. The average Bonchev–Trinajstić information content (AvgIpc) is 3.02. The summed E-state index contributed by atoms with van der Waals surface area (Å²) in [6.07, 6.45) is -0.837. The third-order valence-corrected chi connectivity index (χ3v) is 4.76. The number of Topliss-reactive ketones (excluding diaryl/α,β-unsaturated/α-hetero) is 1. The Balaban J connectivity index is 1.96. The number of aryl methyl sites for hydroxylation is 1. The molecule has 3 atom stereocenters. The van der Waals surface area contributed by atoms with Crippen LogP contribution in [0.25, 0.3) is 0 Å². The lowest BCUT2D eigenvalue weighted by molar-refractivity contribution is -0.0463. The molecule has 1 aromatic carbocycles. The fraction of sp³-hybridized carbons (Fsp3) is 0.421. The highest BCUT2D eigenvalue weighted by molar-refractivity contribution is 5.93. The summed E-state index contributed by atoms with van der Waals surface area (Å²) in [5, 5.41) is 19.1. The van der Waals surface area contributed by atoms with E-state index >= 15 is 0 Å². The highest BCUT2D eigenvalue weighted by Crippen LogP contribution is 2.27. The summed E-state index contributed by atoms with van der Waals surface area (Å²) in [6, 6.07) is 6.71. The van der Waals surface area contributed by atoms with Crippen molar-refractivity contribution >= 4 is 5.78 Å². The van der Waals surface area contributed by atoms with Crippen LogP contribution in [0.1, 0.15) is 41.1 Å². The van der Waals surface area contributed by atoms with Gasteiger partial charge in [0.15, 0.2) is 5.78 Å². The van der Waals surface area contributed by atoms with E-state index in [9.17, 15) is 24.6 Å². The summed E-state index contributed by atoms with van der Waals surface area (Å²) >= 11 is 0. The first-order valence-corrected chi connectivity index (χ1v) is 8.68. The molecule has 1 fully saturated rings. The van der Waals surface area contributed by atoms with E-state index in [1.54, 1.807) is 31.2 Å². The molecule has 0 amide bonds. The number of aliphatic hydroxyl groups excluding tert-OH is 2. The molecule has 0 bridgehead atoms. The van der Waals surface area contributed by atoms with Gasteiger partial charge in [0, 0.05) is 23.7 Å². The zero-order valence-electron chi connectivity index (χ0n) is 15.2. The highest BCUT2D eigenvalue weighted by atomic mass is 16.5. The number of aliphatic hydroxyl groups is 2. The van der Waals surface area contributed by atoms with Gasteiger partial charge in [-0.1, -0.05) is 24.3 Å². The minimum absolute atomic E-state index is 0.0518. The zero-order valence-corrected chi connectivity index (χ0v) is 15.2. The molecular formula is C19H22N2O6. The van der Waals surface area contributed by atoms with Crippen molar-refractivity contribution in [2.75, 3.05) is 6.61 Å². The SMILES string of the molecule is CC(=O)c1ccc(Cn2c(=O)c(C)cn([C@H]3C[C@H](O)[C@@H](CO)O3)c2=O)cc1. The van der Waals surface area contributed by atoms with Crippen molar-refractivity contribution in [1.82, 2.24) is 9.13 Å². The van der Waals surface area contributed by atoms with E-state index in [0.29, 0.717) is 16.7 Å². The Morgan fingerprint density at radius 1 is 1.26 bits per heavy atom. The van der Waals surface area contributed by atoms with Crippen molar-refractivity contribution in [3.63, 3.8) is 0 Å². The second kappa shape index (κ2) is 7.59. The van der Waals surface area contributed by atoms with E-state index in [4.69, 9.17) is 4.74 Å². The molecule has 144 valence electrons. The summed E-state index contributed by atoms with van der Waals surface area (Å²) < 4.78 is 7.92. The number of benzene rings is 1. The van der Waals surface area contributed by atoms with Crippen molar-refractivity contribution in [2.45, 2.75) is 45.2 Å². The maximum Gasteiger partial charge on any atom is 0.333 e. The second-order valence-corrected chi connectivity index (χ2v) is 6.76. The van der Waals surface area contributed by atoms with E-state index in [1.807, 2.05) is 0 Å². The average molecular weight is 374 g/mol. The van der Waals surface area contributed by atoms with Gasteiger partial charge in [0.2, 0.25) is 0 Å². The van der Waals surface area contributed by atoms with Gasteiger partial charge in [-0.05, 0) is 19.4 Å². The van der Waals surface area contributed by atoms with Gasteiger partial charge in [-0.15, -0.1) is 0 Å². The van der Waals surface area contributed by atoms with Gasteiger partial charge in [0.25, 0.3) is 5.56 Å². The van der Waals surface area contributed by atoms with Crippen molar-refractivity contribution < 1.29 is 19.7 Å². The molecule has 27 heavy (non-hydrogen) atoms. The molecule has 2 heterocycles. The molecule has 1 aliphatic heterocycles. The Bertz CT molecular complexity index is 960. The molecule has 0 spiro atoms. The van der Waals surface area contributed by atoms with Crippen LogP contribution >= 0.6 is 0 Å². The molecule has 3 rings (SSSR count). The van der Waals surface area contributed by atoms with Crippen molar-refractivity contribution in [3.05, 3.63) is 68.0 Å². The molecular weight excluding hydrogens is 352 g/mol. The van der Waals surface area contributed by atoms with Crippen LogP contribution in [0.5, 0.6) is 0 Å². The van der Waals surface area contributed by atoms with Gasteiger partial charge in [0.1, 0.15) is 12.3 Å². The van der Waals surface area contributed by atoms with Crippen molar-refractivity contribution in [1.29, 1.82) is 0 Å². The smallest absolute Gasteiger partial charge is 0.333 e. The van der Waals surface area contributed by atoms with Crippen LogP contribution in [0, 0.1) is 6.92 Å². The Morgan fingerprint density at radius 2 is 1.93 bits per heavy atom. The fourth-order valence-electron chi connectivity index (χ4n) is 3.18. The summed E-state index contributed by atoms with van der Waals surface area (Å²) in [7, 11) is 0. The van der Waals surface area contributed by atoms with Crippen LogP contribution in [0.15, 0.2) is 40.1 Å². The first-order valence-electron chi connectivity index (χ1n) is 8.68. The molecule has 0 aliphatic carbocycles. The van der Waals surface area contributed by atoms with Crippen LogP contribution in [0.4, 0.5) is 0 Å². The van der Waals surface area contributed by atoms with E-state index < -0.39 is 29.7 Å². The predicted octanol–water partition coefficient (Wildman–Crippen LogP) is 0.210. The van der Waals surface area contributed by atoms with Gasteiger partial charge >= 0.3 is 5.69 Å². The molecule has 0 unspecified atom stereocenters. The Kier molecular flexibility index (Phi) is 5.41. The maximum absolute atomic E-state index is 12.9. The van der Waals surface area contributed by atoms with Crippen molar-refractivity contribution in [3.8, 4) is 0 Å². The lowest BCUT2D eigenvalue weighted by atomic mass is 10.1. The zero-order chi connectivity index (χ0) is 19.7. The maximum atomic E-state index is 12.9. The predicted molar refractivity (Wildman–Crippen MR) is 96.9 cm³/mol. The number of ether oxygens (including phenoxy) is 1. The fourth-order valence-corrected chi connectivity index (χ4v) is 3.18. The lowest BCUT2D eigenvalue weighted by Crippen LogP contribution is -2.42. The third kappa shape index (κ3) is 3.78. The molecule has 1 aliphatic rings. The topological polar surface area (TPSA) is 111 Å². The number of rotatable bonds is 5. The number of hydrogen-bond acceptors (Lipinski definition) is 6. The Labute approximate surface area is 155 Å². The number of carbonyl (C=O) groups is 1. The van der Waals surface area contributed by atoms with Gasteiger partial charge < -0.3 is 14.9 Å². The molecule has 8 nitrogen and oxygen atoms in total. The van der Waals surface area contributed by atoms with E-state index in [0.717, 1.165) is 4.57 Å².